The van der Waals surface area contributed by atoms with E-state index in [1.807, 2.05) is 32.0 Å². The summed E-state index contributed by atoms with van der Waals surface area (Å²) < 4.78 is 11.8. The van der Waals surface area contributed by atoms with Gasteiger partial charge < -0.3 is 20.1 Å². The highest BCUT2D eigenvalue weighted by atomic mass is 16.7. The second-order valence-electron chi connectivity index (χ2n) is 7.06. The predicted molar refractivity (Wildman–Crippen MR) is 94.2 cm³/mol. The van der Waals surface area contributed by atoms with Crippen LogP contribution in [0.3, 0.4) is 0 Å². The zero-order chi connectivity index (χ0) is 17.9. The summed E-state index contributed by atoms with van der Waals surface area (Å²) in [4.78, 5) is 24.1. The van der Waals surface area contributed by atoms with Crippen molar-refractivity contribution in [1.82, 2.24) is 5.32 Å². The molecule has 1 aromatic carbocycles. The van der Waals surface area contributed by atoms with E-state index >= 15 is 0 Å². The van der Waals surface area contributed by atoms with Gasteiger partial charge in [-0.3, -0.25) is 9.59 Å². The van der Waals surface area contributed by atoms with Crippen molar-refractivity contribution in [3.63, 3.8) is 0 Å². The number of carbonyl (C=O) groups excluding carboxylic acids is 2. The maximum Gasteiger partial charge on any atom is 0.313 e. The molecule has 6 nitrogen and oxygen atoms in total. The lowest BCUT2D eigenvalue weighted by Crippen LogP contribution is -2.41. The number of aryl methyl sites for hydroxylation is 2. The number of amides is 2. The van der Waals surface area contributed by atoms with Gasteiger partial charge in [0.05, 0.1) is 6.61 Å². The molecule has 136 valence electrons. The molecule has 2 fully saturated rings. The van der Waals surface area contributed by atoms with Crippen molar-refractivity contribution in [2.45, 2.75) is 57.8 Å². The summed E-state index contributed by atoms with van der Waals surface area (Å²) in [6.45, 7) is 4.63. The molecule has 3 rings (SSSR count). The molecule has 0 bridgehead atoms. The highest BCUT2D eigenvalue weighted by molar-refractivity contribution is 6.39. The Morgan fingerprint density at radius 3 is 2.44 bits per heavy atom. The van der Waals surface area contributed by atoms with Crippen molar-refractivity contribution in [3.8, 4) is 0 Å². The van der Waals surface area contributed by atoms with Crippen LogP contribution >= 0.6 is 0 Å². The minimum absolute atomic E-state index is 0.198. The number of ether oxygens (including phenoxy) is 2. The maximum atomic E-state index is 12.0. The van der Waals surface area contributed by atoms with Gasteiger partial charge in [0.1, 0.15) is 6.10 Å². The van der Waals surface area contributed by atoms with Gasteiger partial charge in [0.2, 0.25) is 0 Å². The lowest BCUT2D eigenvalue weighted by Gasteiger charge is -2.31. The number of anilines is 1. The van der Waals surface area contributed by atoms with Crippen LogP contribution in [0, 0.1) is 13.8 Å². The molecule has 1 aliphatic carbocycles. The third kappa shape index (κ3) is 4.58. The molecule has 1 saturated carbocycles. The fourth-order valence-corrected chi connectivity index (χ4v) is 3.59. The van der Waals surface area contributed by atoms with E-state index < -0.39 is 17.6 Å². The van der Waals surface area contributed by atoms with Gasteiger partial charge >= 0.3 is 11.8 Å². The van der Waals surface area contributed by atoms with Crippen LogP contribution in [0.2, 0.25) is 0 Å². The van der Waals surface area contributed by atoms with Crippen molar-refractivity contribution in [3.05, 3.63) is 29.3 Å². The van der Waals surface area contributed by atoms with Crippen molar-refractivity contribution >= 4 is 17.5 Å². The highest BCUT2D eigenvalue weighted by Gasteiger charge is 2.42. The van der Waals surface area contributed by atoms with E-state index in [-0.39, 0.29) is 12.6 Å². The summed E-state index contributed by atoms with van der Waals surface area (Å²) >= 11 is 0. The van der Waals surface area contributed by atoms with Crippen LogP contribution in [0.15, 0.2) is 18.2 Å². The molecule has 2 aliphatic rings. The van der Waals surface area contributed by atoms with E-state index in [0.29, 0.717) is 12.3 Å². The second-order valence-corrected chi connectivity index (χ2v) is 7.06. The Kier molecular flexibility index (Phi) is 5.39. The average molecular weight is 346 g/mol. The maximum absolute atomic E-state index is 12.0. The molecular weight excluding hydrogens is 320 g/mol. The van der Waals surface area contributed by atoms with Crippen LogP contribution in [0.25, 0.3) is 0 Å². The molecule has 0 aromatic heterocycles. The van der Waals surface area contributed by atoms with Gasteiger partial charge in [0, 0.05) is 25.1 Å². The molecule has 1 aromatic rings. The molecule has 1 atom stereocenters. The Hall–Kier alpha value is -1.92. The summed E-state index contributed by atoms with van der Waals surface area (Å²) in [5.74, 6) is -1.79. The molecule has 0 radical (unpaired) electrons. The molecule has 1 aliphatic heterocycles. The topological polar surface area (TPSA) is 76.7 Å². The molecule has 1 spiro atoms. The minimum atomic E-state index is -0.670. The zero-order valence-electron chi connectivity index (χ0n) is 14.9. The third-order valence-electron chi connectivity index (χ3n) is 4.71. The average Bonchev–Trinajstić information content (AvgIpc) is 2.94. The number of nitrogens with one attached hydrogen (secondary N) is 2. The fraction of sp³-hybridized carbons (Fsp3) is 0.579. The lowest BCUT2D eigenvalue weighted by atomic mass is 9.94. The van der Waals surface area contributed by atoms with Crippen LogP contribution in [0.5, 0.6) is 0 Å². The summed E-state index contributed by atoms with van der Waals surface area (Å²) in [6.07, 6.45) is 5.05. The quantitative estimate of drug-likeness (QED) is 0.824. The van der Waals surface area contributed by atoms with E-state index in [1.54, 1.807) is 0 Å². The van der Waals surface area contributed by atoms with Gasteiger partial charge in [-0.1, -0.05) is 12.5 Å². The zero-order valence-corrected chi connectivity index (χ0v) is 14.9. The van der Waals surface area contributed by atoms with Crippen LogP contribution in [-0.4, -0.2) is 36.9 Å². The first-order valence-corrected chi connectivity index (χ1v) is 8.95. The first kappa shape index (κ1) is 17.9. The van der Waals surface area contributed by atoms with E-state index in [2.05, 4.69) is 10.6 Å². The van der Waals surface area contributed by atoms with E-state index in [4.69, 9.17) is 9.47 Å². The smallest absolute Gasteiger partial charge is 0.313 e. The largest absolute Gasteiger partial charge is 0.347 e. The Bertz CT molecular complexity index is 633. The standard InChI is InChI=1S/C19H26N2O4/c1-13-8-14(2)10-15(9-13)21-18(23)17(22)20-11-16-12-24-19(25-16)6-4-3-5-7-19/h8-10,16H,3-7,11-12H2,1-2H3,(H,20,22)(H,21,23)/t16-/m0/s1. The van der Waals surface area contributed by atoms with Crippen LogP contribution in [-0.2, 0) is 19.1 Å². The SMILES string of the molecule is Cc1cc(C)cc(NC(=O)C(=O)NC[C@H]2COC3(CCCCC3)O2)c1. The fourth-order valence-electron chi connectivity index (χ4n) is 3.59. The summed E-state index contributed by atoms with van der Waals surface area (Å²) in [5, 5.41) is 5.27. The third-order valence-corrected chi connectivity index (χ3v) is 4.71. The normalized spacial score (nSPS) is 21.9. The van der Waals surface area contributed by atoms with E-state index in [9.17, 15) is 9.59 Å². The molecule has 6 heteroatoms. The van der Waals surface area contributed by atoms with Gasteiger partial charge in [0.25, 0.3) is 0 Å². The molecule has 2 N–H and O–H groups in total. The van der Waals surface area contributed by atoms with Crippen molar-refractivity contribution in [1.29, 1.82) is 0 Å². The molecule has 0 unspecified atom stereocenters. The van der Waals surface area contributed by atoms with Gasteiger partial charge in [-0.2, -0.15) is 0 Å². The Morgan fingerprint density at radius 2 is 1.76 bits per heavy atom. The lowest BCUT2D eigenvalue weighted by molar-refractivity contribution is -0.186. The van der Waals surface area contributed by atoms with Gasteiger partial charge in [0.15, 0.2) is 5.79 Å². The van der Waals surface area contributed by atoms with Crippen molar-refractivity contribution in [2.75, 3.05) is 18.5 Å². The van der Waals surface area contributed by atoms with Crippen LogP contribution in [0.1, 0.15) is 43.2 Å². The Morgan fingerprint density at radius 1 is 1.08 bits per heavy atom. The first-order valence-electron chi connectivity index (χ1n) is 8.95. The number of rotatable bonds is 3. The summed E-state index contributed by atoms with van der Waals surface area (Å²) in [6, 6.07) is 5.67. The Labute approximate surface area is 148 Å². The molecule has 1 heterocycles. The monoisotopic (exact) mass is 346 g/mol. The number of hydrogen-bond donors (Lipinski definition) is 2. The number of benzene rings is 1. The molecule has 2 amide bonds. The first-order chi connectivity index (χ1) is 12.0. The highest BCUT2D eigenvalue weighted by Crippen LogP contribution is 2.37. The summed E-state index contributed by atoms with van der Waals surface area (Å²) in [5.41, 5.74) is 2.69. The van der Waals surface area contributed by atoms with Crippen LogP contribution in [0.4, 0.5) is 5.69 Å². The van der Waals surface area contributed by atoms with Crippen molar-refractivity contribution < 1.29 is 19.1 Å². The second kappa shape index (κ2) is 7.54. The molecular formula is C19H26N2O4. The molecule has 25 heavy (non-hydrogen) atoms. The molecule has 1 saturated heterocycles. The van der Waals surface area contributed by atoms with Gasteiger partial charge in [-0.25, -0.2) is 0 Å². The summed E-state index contributed by atoms with van der Waals surface area (Å²) in [7, 11) is 0. The number of hydrogen-bond acceptors (Lipinski definition) is 4. The van der Waals surface area contributed by atoms with Gasteiger partial charge in [-0.05, 0) is 49.9 Å². The number of carbonyl (C=O) groups is 2. The van der Waals surface area contributed by atoms with Gasteiger partial charge in [-0.15, -0.1) is 0 Å². The predicted octanol–water partition coefficient (Wildman–Crippen LogP) is 2.43. The van der Waals surface area contributed by atoms with E-state index in [1.165, 1.54) is 6.42 Å². The minimum Gasteiger partial charge on any atom is -0.347 e. The Balaban J connectivity index is 1.46. The van der Waals surface area contributed by atoms with Crippen molar-refractivity contribution in [2.24, 2.45) is 0 Å². The van der Waals surface area contributed by atoms with E-state index in [0.717, 1.165) is 36.8 Å². The van der Waals surface area contributed by atoms with Crippen LogP contribution < -0.4 is 10.6 Å².